The fraction of sp³-hybridized carbons (Fsp3) is 0.474. The van der Waals surface area contributed by atoms with Gasteiger partial charge in [0.05, 0.1) is 6.20 Å². The number of aliphatic hydroxyl groups is 1. The van der Waals surface area contributed by atoms with Crippen molar-refractivity contribution in [2.24, 2.45) is 5.92 Å². The summed E-state index contributed by atoms with van der Waals surface area (Å²) < 4.78 is 1.92. The zero-order valence-electron chi connectivity index (χ0n) is 14.6. The Kier molecular flexibility index (Phi) is 5.83. The number of aliphatic hydroxyl groups excluding tert-OH is 1. The van der Waals surface area contributed by atoms with E-state index in [1.54, 1.807) is 0 Å². The van der Waals surface area contributed by atoms with Gasteiger partial charge in [-0.2, -0.15) is 5.10 Å². The normalized spacial score (nSPS) is 21.2. The lowest BCUT2D eigenvalue weighted by Crippen LogP contribution is -2.53. The molecule has 2 heterocycles. The molecule has 0 unspecified atom stereocenters. The van der Waals surface area contributed by atoms with Crippen LogP contribution >= 0.6 is 0 Å². The van der Waals surface area contributed by atoms with Crippen LogP contribution in [0.2, 0.25) is 0 Å². The molecular weight excluding hydrogens is 316 g/mol. The maximum atomic E-state index is 12.5. The molecular formula is C19H26N4O2. The third kappa shape index (κ3) is 4.46. The molecule has 1 saturated heterocycles. The minimum atomic E-state index is -0.0790. The number of likely N-dealkylation sites (tertiary alicyclic amines) is 1. The monoisotopic (exact) mass is 342 g/mol. The number of amides is 1. The van der Waals surface area contributed by atoms with Crippen molar-refractivity contribution in [3.63, 3.8) is 0 Å². The van der Waals surface area contributed by atoms with Crippen LogP contribution in [0.15, 0.2) is 42.7 Å². The third-order valence-electron chi connectivity index (χ3n) is 4.84. The Balaban J connectivity index is 1.63. The van der Waals surface area contributed by atoms with Gasteiger partial charge in [0.15, 0.2) is 0 Å². The average Bonchev–Trinajstić information content (AvgIpc) is 3.10. The number of hydrogen-bond donors (Lipinski definition) is 2. The van der Waals surface area contributed by atoms with E-state index in [9.17, 15) is 9.90 Å². The van der Waals surface area contributed by atoms with Crippen LogP contribution in [-0.2, 0) is 13.1 Å². The summed E-state index contributed by atoms with van der Waals surface area (Å²) in [6, 6.07) is 9.18. The first kappa shape index (κ1) is 17.6. The number of nitrogens with one attached hydrogen (secondary N) is 1. The van der Waals surface area contributed by atoms with Crippen molar-refractivity contribution >= 4 is 5.91 Å². The molecule has 1 aromatic carbocycles. The van der Waals surface area contributed by atoms with Crippen molar-refractivity contribution in [3.8, 4) is 0 Å². The summed E-state index contributed by atoms with van der Waals surface area (Å²) in [7, 11) is 0. The number of benzene rings is 1. The number of aromatic nitrogens is 2. The van der Waals surface area contributed by atoms with Crippen molar-refractivity contribution in [2.75, 3.05) is 19.7 Å². The molecule has 1 aliphatic rings. The average molecular weight is 342 g/mol. The van der Waals surface area contributed by atoms with E-state index in [1.165, 1.54) is 5.56 Å². The molecule has 134 valence electrons. The smallest absolute Gasteiger partial charge is 0.251 e. The highest BCUT2D eigenvalue weighted by atomic mass is 16.3. The number of nitrogens with zero attached hydrogens (tertiary/aromatic N) is 3. The van der Waals surface area contributed by atoms with E-state index in [0.29, 0.717) is 5.56 Å². The number of hydrogen-bond acceptors (Lipinski definition) is 4. The van der Waals surface area contributed by atoms with E-state index in [1.807, 2.05) is 41.2 Å². The fourth-order valence-corrected chi connectivity index (χ4v) is 3.35. The zero-order valence-corrected chi connectivity index (χ0v) is 14.6. The Morgan fingerprint density at radius 1 is 1.36 bits per heavy atom. The van der Waals surface area contributed by atoms with Gasteiger partial charge in [-0.1, -0.05) is 18.2 Å². The van der Waals surface area contributed by atoms with Crippen LogP contribution in [0.1, 0.15) is 29.3 Å². The second kappa shape index (κ2) is 8.27. The van der Waals surface area contributed by atoms with Crippen LogP contribution < -0.4 is 5.32 Å². The maximum Gasteiger partial charge on any atom is 0.251 e. The van der Waals surface area contributed by atoms with Crippen LogP contribution in [0.25, 0.3) is 0 Å². The molecule has 0 radical (unpaired) electrons. The Bertz CT molecular complexity index is 686. The quantitative estimate of drug-likeness (QED) is 0.835. The van der Waals surface area contributed by atoms with Crippen molar-refractivity contribution in [1.29, 1.82) is 0 Å². The lowest BCUT2D eigenvalue weighted by molar-refractivity contribution is 0.0730. The first-order valence-electron chi connectivity index (χ1n) is 8.90. The molecule has 0 spiro atoms. The maximum absolute atomic E-state index is 12.5. The second-order valence-corrected chi connectivity index (χ2v) is 6.62. The summed E-state index contributed by atoms with van der Waals surface area (Å²) in [5.74, 6) is 0.0204. The Morgan fingerprint density at radius 2 is 2.16 bits per heavy atom. The van der Waals surface area contributed by atoms with Gasteiger partial charge in [-0.15, -0.1) is 0 Å². The van der Waals surface area contributed by atoms with Crippen molar-refractivity contribution in [3.05, 3.63) is 53.9 Å². The summed E-state index contributed by atoms with van der Waals surface area (Å²) in [4.78, 5) is 14.8. The molecule has 1 fully saturated rings. The van der Waals surface area contributed by atoms with E-state index >= 15 is 0 Å². The van der Waals surface area contributed by atoms with Gasteiger partial charge in [0.1, 0.15) is 0 Å². The van der Waals surface area contributed by atoms with E-state index < -0.39 is 0 Å². The third-order valence-corrected chi connectivity index (χ3v) is 4.84. The molecule has 0 aliphatic carbocycles. The summed E-state index contributed by atoms with van der Waals surface area (Å²) in [6.45, 7) is 5.50. The minimum absolute atomic E-state index is 0.0484. The molecule has 2 aromatic rings. The van der Waals surface area contributed by atoms with Crippen LogP contribution in [0.3, 0.4) is 0 Å². The number of piperidine rings is 1. The summed E-state index contributed by atoms with van der Waals surface area (Å²) in [5.41, 5.74) is 1.83. The molecule has 0 saturated carbocycles. The number of rotatable bonds is 6. The van der Waals surface area contributed by atoms with Gasteiger partial charge in [-0.05, 0) is 32.0 Å². The van der Waals surface area contributed by atoms with Gasteiger partial charge >= 0.3 is 0 Å². The van der Waals surface area contributed by atoms with Gasteiger partial charge in [0.25, 0.3) is 5.91 Å². The second-order valence-electron chi connectivity index (χ2n) is 6.62. The molecule has 2 N–H and O–H groups in total. The van der Waals surface area contributed by atoms with Crippen LogP contribution in [-0.4, -0.2) is 51.4 Å². The molecule has 3 rings (SSSR count). The Hall–Kier alpha value is -2.18. The first-order chi connectivity index (χ1) is 12.2. The van der Waals surface area contributed by atoms with E-state index in [4.69, 9.17) is 0 Å². The molecule has 2 atom stereocenters. The highest BCUT2D eigenvalue weighted by molar-refractivity contribution is 5.94. The van der Waals surface area contributed by atoms with E-state index in [2.05, 4.69) is 28.4 Å². The van der Waals surface area contributed by atoms with Gasteiger partial charge < -0.3 is 10.4 Å². The highest BCUT2D eigenvalue weighted by Crippen LogP contribution is 2.20. The molecule has 1 amide bonds. The van der Waals surface area contributed by atoms with Gasteiger partial charge in [0.2, 0.25) is 0 Å². The largest absolute Gasteiger partial charge is 0.396 e. The highest BCUT2D eigenvalue weighted by Gasteiger charge is 2.30. The summed E-state index contributed by atoms with van der Waals surface area (Å²) in [6.07, 6.45) is 4.84. The predicted octanol–water partition coefficient (Wildman–Crippen LogP) is 1.52. The van der Waals surface area contributed by atoms with Crippen LogP contribution in [0, 0.1) is 5.92 Å². The Morgan fingerprint density at radius 3 is 2.84 bits per heavy atom. The number of carbonyl (C=O) groups is 1. The zero-order chi connectivity index (χ0) is 17.6. The molecule has 0 bridgehead atoms. The molecule has 6 heteroatoms. The standard InChI is InChI=1S/C19H26N4O2/c1-2-23-12-15(10-20-23)11-22-9-8-17(14-24)18(13-22)21-19(25)16-6-4-3-5-7-16/h3-7,10,12,17-18,24H,2,8-9,11,13-14H2,1H3,(H,21,25)/t17-,18-/m1/s1. The summed E-state index contributed by atoms with van der Waals surface area (Å²) in [5, 5.41) is 17.1. The minimum Gasteiger partial charge on any atom is -0.396 e. The van der Waals surface area contributed by atoms with Crippen LogP contribution in [0.4, 0.5) is 0 Å². The molecule has 1 aromatic heterocycles. The lowest BCUT2D eigenvalue weighted by Gasteiger charge is -2.38. The van der Waals surface area contributed by atoms with Gasteiger partial charge in [-0.3, -0.25) is 14.4 Å². The van der Waals surface area contributed by atoms with E-state index in [0.717, 1.165) is 32.6 Å². The summed E-state index contributed by atoms with van der Waals surface area (Å²) >= 11 is 0. The topological polar surface area (TPSA) is 70.4 Å². The van der Waals surface area contributed by atoms with Gasteiger partial charge in [0, 0.05) is 55.5 Å². The van der Waals surface area contributed by atoms with E-state index in [-0.39, 0.29) is 24.5 Å². The van der Waals surface area contributed by atoms with Gasteiger partial charge in [-0.25, -0.2) is 0 Å². The molecule has 25 heavy (non-hydrogen) atoms. The first-order valence-corrected chi connectivity index (χ1v) is 8.90. The number of carbonyl (C=O) groups excluding carboxylic acids is 1. The lowest BCUT2D eigenvalue weighted by atomic mass is 9.91. The predicted molar refractivity (Wildman–Crippen MR) is 96.1 cm³/mol. The van der Waals surface area contributed by atoms with Crippen LogP contribution in [0.5, 0.6) is 0 Å². The van der Waals surface area contributed by atoms with Crippen molar-refractivity contribution in [1.82, 2.24) is 20.0 Å². The van der Waals surface area contributed by atoms with Crippen molar-refractivity contribution < 1.29 is 9.90 Å². The Labute approximate surface area is 148 Å². The molecule has 6 nitrogen and oxygen atoms in total. The van der Waals surface area contributed by atoms with Crippen molar-refractivity contribution in [2.45, 2.75) is 32.5 Å². The fourth-order valence-electron chi connectivity index (χ4n) is 3.35. The SMILES string of the molecule is CCn1cc(CN2CC[C@H](CO)[C@H](NC(=O)c3ccccc3)C2)cn1. The number of aryl methyl sites for hydroxylation is 1. The molecule has 1 aliphatic heterocycles.